The van der Waals surface area contributed by atoms with Crippen LogP contribution in [0.2, 0.25) is 0 Å². The summed E-state index contributed by atoms with van der Waals surface area (Å²) in [4.78, 5) is 24.6. The zero-order valence-corrected chi connectivity index (χ0v) is 15.8. The van der Waals surface area contributed by atoms with Crippen molar-refractivity contribution < 1.29 is 9.52 Å². The Labute approximate surface area is 164 Å². The molecule has 0 fully saturated rings. The number of phenolic OH excluding ortho intramolecular Hbond substituents is 1. The lowest BCUT2D eigenvalue weighted by atomic mass is 10.1. The molecule has 0 unspecified atom stereocenters. The number of benzene rings is 2. The molecule has 2 aromatic carbocycles. The molecule has 29 heavy (non-hydrogen) atoms. The van der Waals surface area contributed by atoms with Gasteiger partial charge in [-0.05, 0) is 43.7 Å². The number of aromatic hydroxyl groups is 1. The number of aromatic amines is 1. The number of H-pyrrole nitrogens is 1. The predicted octanol–water partition coefficient (Wildman–Crippen LogP) is 4.07. The first kappa shape index (κ1) is 18.4. The van der Waals surface area contributed by atoms with Gasteiger partial charge in [-0.3, -0.25) is 9.89 Å². The van der Waals surface area contributed by atoms with E-state index in [1.807, 2.05) is 18.2 Å². The summed E-state index contributed by atoms with van der Waals surface area (Å²) in [5.41, 5.74) is 1.73. The lowest BCUT2D eigenvalue weighted by Gasteiger charge is -2.09. The Morgan fingerprint density at radius 1 is 1.07 bits per heavy atom. The number of rotatable bonds is 4. The van der Waals surface area contributed by atoms with Crippen molar-refractivity contribution in [2.75, 3.05) is 0 Å². The lowest BCUT2D eigenvalue weighted by Crippen LogP contribution is -2.17. The minimum absolute atomic E-state index is 0.0178. The van der Waals surface area contributed by atoms with Crippen LogP contribution in [0.3, 0.4) is 0 Å². The van der Waals surface area contributed by atoms with Crippen LogP contribution in [0, 0.1) is 13.8 Å². The number of nitrogens with zero attached hydrogens (tertiary/aromatic N) is 3. The zero-order valence-electron chi connectivity index (χ0n) is 15.8. The summed E-state index contributed by atoms with van der Waals surface area (Å²) >= 11 is 0. The van der Waals surface area contributed by atoms with E-state index in [9.17, 15) is 14.7 Å². The van der Waals surface area contributed by atoms with E-state index in [4.69, 9.17) is 4.42 Å². The smallest absolute Gasteiger partial charge is 0.336 e. The quantitative estimate of drug-likeness (QED) is 0.404. The molecule has 4 rings (SSSR count). The molecule has 2 aromatic heterocycles. The number of aromatic nitrogens is 2. The molecule has 4 aromatic rings. The van der Waals surface area contributed by atoms with Gasteiger partial charge in [-0.25, -0.2) is 9.48 Å². The van der Waals surface area contributed by atoms with Crippen LogP contribution in [0.1, 0.15) is 16.8 Å². The van der Waals surface area contributed by atoms with E-state index in [0.717, 1.165) is 5.56 Å². The van der Waals surface area contributed by atoms with Crippen molar-refractivity contribution >= 4 is 22.3 Å². The maximum atomic E-state index is 12.8. The number of aryl methyl sites for hydroxylation is 2. The number of hydrogen-bond acceptors (Lipinski definition) is 6. The van der Waals surface area contributed by atoms with E-state index in [0.29, 0.717) is 22.3 Å². The third-order valence-electron chi connectivity index (χ3n) is 4.64. The van der Waals surface area contributed by atoms with Crippen molar-refractivity contribution in [1.82, 2.24) is 9.78 Å². The van der Waals surface area contributed by atoms with Crippen LogP contribution in [-0.4, -0.2) is 14.9 Å². The molecule has 0 spiro atoms. The molecule has 0 aliphatic carbocycles. The number of hydrogen-bond donors (Lipinski definition) is 2. The first-order valence-corrected chi connectivity index (χ1v) is 8.95. The summed E-state index contributed by atoms with van der Waals surface area (Å²) in [6.07, 6.45) is 0. The van der Waals surface area contributed by atoms with Gasteiger partial charge in [0.15, 0.2) is 5.69 Å². The van der Waals surface area contributed by atoms with Gasteiger partial charge in [0.2, 0.25) is 0 Å². The lowest BCUT2D eigenvalue weighted by molar-refractivity contribution is 0.459. The fourth-order valence-electron chi connectivity index (χ4n) is 3.17. The average molecular weight is 390 g/mol. The van der Waals surface area contributed by atoms with Crippen molar-refractivity contribution in [1.29, 1.82) is 0 Å². The Bertz CT molecular complexity index is 1350. The van der Waals surface area contributed by atoms with Crippen LogP contribution in [-0.2, 0) is 6.54 Å². The molecular weight excluding hydrogens is 372 g/mol. The standard InChI is InChI=1S/C21H18N4O4/c1-12-10-18(27)29-20-15(12)8-9-17(26)16(20)11-25-21(28)19(13(2)24-25)23-22-14-6-4-3-5-7-14/h3-10,24,26H,11H2,1-2H3. The van der Waals surface area contributed by atoms with Crippen LogP contribution in [0.25, 0.3) is 11.0 Å². The van der Waals surface area contributed by atoms with E-state index in [1.54, 1.807) is 32.0 Å². The molecule has 0 aliphatic rings. The average Bonchev–Trinajstić information content (AvgIpc) is 2.96. The largest absolute Gasteiger partial charge is 0.507 e. The second-order valence-corrected chi connectivity index (χ2v) is 6.70. The molecule has 2 heterocycles. The van der Waals surface area contributed by atoms with E-state index in [-0.39, 0.29) is 23.6 Å². The van der Waals surface area contributed by atoms with E-state index < -0.39 is 11.2 Å². The second-order valence-electron chi connectivity index (χ2n) is 6.70. The van der Waals surface area contributed by atoms with Crippen molar-refractivity contribution in [2.24, 2.45) is 10.2 Å². The molecule has 0 amide bonds. The van der Waals surface area contributed by atoms with Crippen LogP contribution in [0.15, 0.2) is 72.8 Å². The topological polar surface area (TPSA) is 113 Å². The summed E-state index contributed by atoms with van der Waals surface area (Å²) in [7, 11) is 0. The van der Waals surface area contributed by atoms with Gasteiger partial charge in [-0.1, -0.05) is 18.2 Å². The number of nitrogens with one attached hydrogen (secondary N) is 1. The van der Waals surface area contributed by atoms with Gasteiger partial charge in [0, 0.05) is 11.5 Å². The van der Waals surface area contributed by atoms with Crippen LogP contribution >= 0.6 is 0 Å². The molecule has 8 heteroatoms. The minimum Gasteiger partial charge on any atom is -0.507 e. The molecule has 0 radical (unpaired) electrons. The third-order valence-corrected chi connectivity index (χ3v) is 4.64. The molecule has 0 aliphatic heterocycles. The van der Waals surface area contributed by atoms with Crippen LogP contribution in [0.4, 0.5) is 11.4 Å². The summed E-state index contributed by atoms with van der Waals surface area (Å²) in [6, 6.07) is 13.7. The normalized spacial score (nSPS) is 11.5. The van der Waals surface area contributed by atoms with Gasteiger partial charge in [-0.15, -0.1) is 5.11 Å². The Kier molecular flexibility index (Phi) is 4.59. The van der Waals surface area contributed by atoms with Gasteiger partial charge in [0.1, 0.15) is 11.3 Å². The van der Waals surface area contributed by atoms with Crippen molar-refractivity contribution in [3.8, 4) is 5.75 Å². The highest BCUT2D eigenvalue weighted by Gasteiger charge is 2.17. The molecule has 8 nitrogen and oxygen atoms in total. The minimum atomic E-state index is -0.519. The van der Waals surface area contributed by atoms with Gasteiger partial charge < -0.3 is 9.52 Å². The Balaban J connectivity index is 1.77. The first-order chi connectivity index (χ1) is 13.9. The summed E-state index contributed by atoms with van der Waals surface area (Å²) in [6.45, 7) is 3.48. The highest BCUT2D eigenvalue weighted by molar-refractivity contribution is 5.84. The highest BCUT2D eigenvalue weighted by atomic mass is 16.4. The first-order valence-electron chi connectivity index (χ1n) is 8.95. The fourth-order valence-corrected chi connectivity index (χ4v) is 3.17. The maximum Gasteiger partial charge on any atom is 0.336 e. The summed E-state index contributed by atoms with van der Waals surface area (Å²) in [5, 5.41) is 22.1. The van der Waals surface area contributed by atoms with E-state index >= 15 is 0 Å². The van der Waals surface area contributed by atoms with Crippen LogP contribution in [0.5, 0.6) is 5.75 Å². The maximum absolute atomic E-state index is 12.8. The molecule has 2 N–H and O–H groups in total. The Hall–Kier alpha value is -3.94. The predicted molar refractivity (Wildman–Crippen MR) is 108 cm³/mol. The Morgan fingerprint density at radius 3 is 2.59 bits per heavy atom. The molecule has 0 atom stereocenters. The summed E-state index contributed by atoms with van der Waals surface area (Å²) in [5.74, 6) is -0.0714. The van der Waals surface area contributed by atoms with Crippen molar-refractivity contribution in [3.63, 3.8) is 0 Å². The van der Waals surface area contributed by atoms with E-state index in [1.165, 1.54) is 16.8 Å². The highest BCUT2D eigenvalue weighted by Crippen LogP contribution is 2.29. The van der Waals surface area contributed by atoms with Crippen molar-refractivity contribution in [3.05, 3.63) is 86.1 Å². The monoisotopic (exact) mass is 390 g/mol. The number of fused-ring (bicyclic) bond motifs is 1. The van der Waals surface area contributed by atoms with E-state index in [2.05, 4.69) is 15.3 Å². The van der Waals surface area contributed by atoms with Crippen molar-refractivity contribution in [2.45, 2.75) is 20.4 Å². The second kappa shape index (κ2) is 7.23. The summed E-state index contributed by atoms with van der Waals surface area (Å²) < 4.78 is 6.62. The SMILES string of the molecule is Cc1[nH]n(Cc2c(O)ccc3c(C)cc(=O)oc23)c(=O)c1N=Nc1ccccc1. The fraction of sp³-hybridized carbons (Fsp3) is 0.143. The molecule has 0 saturated heterocycles. The molecule has 0 saturated carbocycles. The molecule has 0 bridgehead atoms. The molecular formula is C21H18N4O4. The van der Waals surface area contributed by atoms with Gasteiger partial charge >= 0.3 is 5.63 Å². The third kappa shape index (κ3) is 3.47. The molecule has 146 valence electrons. The Morgan fingerprint density at radius 2 is 1.83 bits per heavy atom. The van der Waals surface area contributed by atoms with Gasteiger partial charge in [0.05, 0.1) is 23.5 Å². The zero-order chi connectivity index (χ0) is 20.5. The van der Waals surface area contributed by atoms with Gasteiger partial charge in [0.25, 0.3) is 5.56 Å². The number of azo groups is 1. The van der Waals surface area contributed by atoms with Crippen LogP contribution < -0.4 is 11.2 Å². The number of phenols is 1. The van der Waals surface area contributed by atoms with Gasteiger partial charge in [-0.2, -0.15) is 5.11 Å².